The Morgan fingerprint density at radius 2 is 0.927 bits per heavy atom. The predicted molar refractivity (Wildman–Crippen MR) is 233 cm³/mol. The molecule has 0 fully saturated rings. The SMILES string of the molecule is CO.c1ccc(-n2c3ccncc3c3cc(-c4ccc(-c5c6ccccc6c(-c6ccc7ccccc7c6)c6ccccc56)c5ccccc45)ccc32)cc1. The first kappa shape index (κ1) is 32.6. The molecule has 0 radical (unpaired) electrons. The van der Waals surface area contributed by atoms with Crippen LogP contribution in [0.3, 0.4) is 0 Å². The van der Waals surface area contributed by atoms with Gasteiger partial charge >= 0.3 is 0 Å². The van der Waals surface area contributed by atoms with Gasteiger partial charge in [0, 0.05) is 36.0 Å². The van der Waals surface area contributed by atoms with Gasteiger partial charge < -0.3 is 9.67 Å². The minimum atomic E-state index is 1.00. The summed E-state index contributed by atoms with van der Waals surface area (Å²) in [5.41, 5.74) is 10.9. The van der Waals surface area contributed by atoms with Crippen molar-refractivity contribution < 1.29 is 5.11 Å². The average Bonchev–Trinajstić information content (AvgIpc) is 3.60. The summed E-state index contributed by atoms with van der Waals surface area (Å²) in [6.45, 7) is 0. The molecule has 3 nitrogen and oxygen atoms in total. The molecule has 55 heavy (non-hydrogen) atoms. The normalized spacial score (nSPS) is 11.5. The molecule has 0 spiro atoms. The number of rotatable bonds is 4. The monoisotopic (exact) mass is 704 g/mol. The Labute approximate surface area is 319 Å². The zero-order chi connectivity index (χ0) is 36.9. The van der Waals surface area contributed by atoms with E-state index in [1.165, 1.54) is 87.4 Å². The Bertz CT molecular complexity index is 3180. The van der Waals surface area contributed by atoms with Crippen LogP contribution >= 0.6 is 0 Å². The third-order valence-electron chi connectivity index (χ3n) is 11.1. The molecule has 2 aromatic heterocycles. The summed E-state index contributed by atoms with van der Waals surface area (Å²) in [7, 11) is 1.00. The highest BCUT2D eigenvalue weighted by atomic mass is 16.2. The Kier molecular flexibility index (Phi) is 7.94. The van der Waals surface area contributed by atoms with Gasteiger partial charge in [0.05, 0.1) is 11.0 Å². The van der Waals surface area contributed by atoms with Gasteiger partial charge in [-0.05, 0) is 113 Å². The highest BCUT2D eigenvalue weighted by molar-refractivity contribution is 6.24. The predicted octanol–water partition coefficient (Wildman–Crippen LogP) is 13.4. The molecule has 0 atom stereocenters. The van der Waals surface area contributed by atoms with Crippen LogP contribution in [0, 0.1) is 0 Å². The van der Waals surface area contributed by atoms with Gasteiger partial charge in [-0.25, -0.2) is 0 Å². The van der Waals surface area contributed by atoms with E-state index in [0.717, 1.165) is 23.7 Å². The molecule has 9 aromatic carbocycles. The Morgan fingerprint density at radius 3 is 1.64 bits per heavy atom. The van der Waals surface area contributed by atoms with Crippen molar-refractivity contribution in [2.75, 3.05) is 7.11 Å². The molecule has 260 valence electrons. The van der Waals surface area contributed by atoms with Crippen LogP contribution in [0.5, 0.6) is 0 Å². The molecule has 0 saturated carbocycles. The van der Waals surface area contributed by atoms with Gasteiger partial charge in [0.15, 0.2) is 0 Å². The number of hydrogen-bond donors (Lipinski definition) is 1. The molecule has 0 bridgehead atoms. The first-order valence-corrected chi connectivity index (χ1v) is 18.7. The molecule has 0 aliphatic heterocycles. The highest BCUT2D eigenvalue weighted by Crippen LogP contribution is 2.47. The largest absolute Gasteiger partial charge is 0.400 e. The maximum Gasteiger partial charge on any atom is 0.0571 e. The van der Waals surface area contributed by atoms with E-state index in [4.69, 9.17) is 5.11 Å². The molecule has 1 N–H and O–H groups in total. The first-order chi connectivity index (χ1) is 27.3. The maximum atomic E-state index is 7.00. The minimum Gasteiger partial charge on any atom is -0.400 e. The van der Waals surface area contributed by atoms with Crippen molar-refractivity contribution in [2.24, 2.45) is 0 Å². The van der Waals surface area contributed by atoms with E-state index >= 15 is 0 Å². The molecule has 2 heterocycles. The van der Waals surface area contributed by atoms with Gasteiger partial charge in [0.25, 0.3) is 0 Å². The second-order valence-corrected chi connectivity index (χ2v) is 13.9. The summed E-state index contributed by atoms with van der Waals surface area (Å²) in [5.74, 6) is 0. The number of benzene rings is 9. The Hall–Kier alpha value is -7.07. The molecular weight excluding hydrogens is 669 g/mol. The number of aliphatic hydroxyl groups excluding tert-OH is 1. The number of hydrogen-bond acceptors (Lipinski definition) is 2. The van der Waals surface area contributed by atoms with Crippen LogP contribution in [0.1, 0.15) is 0 Å². The van der Waals surface area contributed by atoms with E-state index in [-0.39, 0.29) is 0 Å². The van der Waals surface area contributed by atoms with Gasteiger partial charge in [0.2, 0.25) is 0 Å². The zero-order valence-electron chi connectivity index (χ0n) is 30.3. The van der Waals surface area contributed by atoms with E-state index in [9.17, 15) is 0 Å². The Balaban J connectivity index is 0.00000183. The van der Waals surface area contributed by atoms with E-state index in [1.54, 1.807) is 0 Å². The number of para-hydroxylation sites is 1. The van der Waals surface area contributed by atoms with Crippen LogP contribution in [0.25, 0.3) is 104 Å². The quantitative estimate of drug-likeness (QED) is 0.185. The maximum absolute atomic E-state index is 7.00. The smallest absolute Gasteiger partial charge is 0.0571 e. The van der Waals surface area contributed by atoms with Crippen LogP contribution in [0.2, 0.25) is 0 Å². The van der Waals surface area contributed by atoms with E-state index in [2.05, 4.69) is 192 Å². The number of aromatic nitrogens is 2. The second kappa shape index (κ2) is 13.4. The molecule has 11 rings (SSSR count). The fourth-order valence-electron chi connectivity index (χ4n) is 8.73. The van der Waals surface area contributed by atoms with E-state index in [1.807, 2.05) is 12.4 Å². The van der Waals surface area contributed by atoms with Gasteiger partial charge in [-0.2, -0.15) is 0 Å². The number of fused-ring (bicyclic) bond motifs is 7. The van der Waals surface area contributed by atoms with Crippen molar-refractivity contribution in [1.29, 1.82) is 0 Å². The minimum absolute atomic E-state index is 1.00. The van der Waals surface area contributed by atoms with Crippen molar-refractivity contribution in [1.82, 2.24) is 9.55 Å². The van der Waals surface area contributed by atoms with Crippen molar-refractivity contribution in [3.8, 4) is 39.1 Å². The van der Waals surface area contributed by atoms with Gasteiger partial charge in [-0.15, -0.1) is 0 Å². The lowest BCUT2D eigenvalue weighted by atomic mass is 9.83. The third kappa shape index (κ3) is 5.20. The third-order valence-corrected chi connectivity index (χ3v) is 11.1. The van der Waals surface area contributed by atoms with Crippen LogP contribution in [-0.2, 0) is 0 Å². The molecule has 0 aliphatic rings. The second-order valence-electron chi connectivity index (χ2n) is 13.9. The summed E-state index contributed by atoms with van der Waals surface area (Å²) >= 11 is 0. The van der Waals surface area contributed by atoms with E-state index in [0.29, 0.717) is 0 Å². The molecule has 0 saturated heterocycles. The Morgan fingerprint density at radius 1 is 0.382 bits per heavy atom. The van der Waals surface area contributed by atoms with Crippen molar-refractivity contribution in [3.05, 3.63) is 194 Å². The first-order valence-electron chi connectivity index (χ1n) is 18.7. The zero-order valence-corrected chi connectivity index (χ0v) is 30.3. The number of aliphatic hydroxyl groups is 1. The lowest BCUT2D eigenvalue weighted by Gasteiger charge is -2.20. The molecule has 0 amide bonds. The highest BCUT2D eigenvalue weighted by Gasteiger charge is 2.20. The summed E-state index contributed by atoms with van der Waals surface area (Å²) in [6.07, 6.45) is 3.88. The topological polar surface area (TPSA) is 38.0 Å². The summed E-state index contributed by atoms with van der Waals surface area (Å²) in [6, 6.07) is 66.6. The van der Waals surface area contributed by atoms with Crippen LogP contribution < -0.4 is 0 Å². The molecule has 0 aliphatic carbocycles. The average molecular weight is 705 g/mol. The lowest BCUT2D eigenvalue weighted by molar-refractivity contribution is 0.399. The van der Waals surface area contributed by atoms with Crippen LogP contribution in [0.4, 0.5) is 0 Å². The lowest BCUT2D eigenvalue weighted by Crippen LogP contribution is -1.93. The van der Waals surface area contributed by atoms with Crippen molar-refractivity contribution >= 4 is 64.9 Å². The van der Waals surface area contributed by atoms with Gasteiger partial charge in [-0.1, -0.05) is 146 Å². The van der Waals surface area contributed by atoms with Crippen LogP contribution in [0.15, 0.2) is 194 Å². The molecule has 0 unspecified atom stereocenters. The summed E-state index contributed by atoms with van der Waals surface area (Å²) in [5, 5.41) is 19.4. The van der Waals surface area contributed by atoms with Gasteiger partial charge in [0.1, 0.15) is 0 Å². The summed E-state index contributed by atoms with van der Waals surface area (Å²) < 4.78 is 2.34. The van der Waals surface area contributed by atoms with E-state index < -0.39 is 0 Å². The molecular formula is C52H36N2O. The number of nitrogens with zero attached hydrogens (tertiary/aromatic N) is 2. The standard InChI is InChI=1S/C51H32N2.CH4O/c1-2-14-37(15-3-1)53-48-27-24-35(31-46(48)47-32-52-29-28-49(47)53)38-25-26-45(40-17-7-6-16-39(38)40)51-43-20-10-8-18-41(43)50(42-19-9-11-21-44(42)51)36-23-22-33-12-4-5-13-34(33)30-36;1-2/h1-32H;2H,1H3. The summed E-state index contributed by atoms with van der Waals surface area (Å²) in [4.78, 5) is 4.54. The fraction of sp³-hybridized carbons (Fsp3) is 0.0192. The molecule has 3 heteroatoms. The van der Waals surface area contributed by atoms with Gasteiger partial charge in [-0.3, -0.25) is 4.98 Å². The van der Waals surface area contributed by atoms with Crippen molar-refractivity contribution in [3.63, 3.8) is 0 Å². The van der Waals surface area contributed by atoms with Crippen molar-refractivity contribution in [2.45, 2.75) is 0 Å². The fourth-order valence-corrected chi connectivity index (χ4v) is 8.73. The van der Waals surface area contributed by atoms with Crippen LogP contribution in [-0.4, -0.2) is 21.8 Å². The molecule has 11 aromatic rings. The number of pyridine rings is 1.